The first kappa shape index (κ1) is 7.03. The monoisotopic (exact) mass is 128 g/mol. The molecule has 0 aromatic heterocycles. The molecule has 0 saturated carbocycles. The van der Waals surface area contributed by atoms with Gasteiger partial charge in [0.1, 0.15) is 0 Å². The Bertz CT molecular complexity index is 82.9. The normalized spacial score (nSPS) is 39.0. The van der Waals surface area contributed by atoms with Crippen LogP contribution in [-0.2, 0) is 0 Å². The zero-order valence-corrected chi connectivity index (χ0v) is 6.30. The van der Waals surface area contributed by atoms with Gasteiger partial charge in [-0.1, -0.05) is 0 Å². The van der Waals surface area contributed by atoms with Crippen molar-refractivity contribution < 1.29 is 0 Å². The lowest BCUT2D eigenvalue weighted by molar-refractivity contribution is 0.176. The molecule has 1 heterocycles. The second-order valence-corrected chi connectivity index (χ2v) is 3.03. The summed E-state index contributed by atoms with van der Waals surface area (Å²) in [7, 11) is 2.14. The van der Waals surface area contributed by atoms with Crippen LogP contribution in [0.3, 0.4) is 0 Å². The molecule has 0 spiro atoms. The van der Waals surface area contributed by atoms with Gasteiger partial charge in [0.15, 0.2) is 0 Å². The van der Waals surface area contributed by atoms with Crippen molar-refractivity contribution >= 4 is 0 Å². The number of likely N-dealkylation sites (N-methyl/N-ethyl adjacent to an activating group) is 1. The van der Waals surface area contributed by atoms with E-state index in [9.17, 15) is 0 Å². The van der Waals surface area contributed by atoms with Crippen molar-refractivity contribution in [3.8, 4) is 0 Å². The van der Waals surface area contributed by atoms with E-state index in [0.29, 0.717) is 12.1 Å². The van der Waals surface area contributed by atoms with E-state index in [-0.39, 0.29) is 0 Å². The number of hydrogen-bond acceptors (Lipinski definition) is 2. The minimum atomic E-state index is 0.406. The Hall–Kier alpha value is -0.0800. The average Bonchev–Trinajstić information content (AvgIpc) is 1.83. The van der Waals surface area contributed by atoms with Gasteiger partial charge >= 0.3 is 0 Å². The fraction of sp³-hybridized carbons (Fsp3) is 1.00. The summed E-state index contributed by atoms with van der Waals surface area (Å²) >= 11 is 0. The first-order valence-corrected chi connectivity index (χ1v) is 3.67. The number of piperidine rings is 1. The fourth-order valence-electron chi connectivity index (χ4n) is 1.35. The molecule has 2 atom stereocenters. The van der Waals surface area contributed by atoms with E-state index in [1.807, 2.05) is 0 Å². The van der Waals surface area contributed by atoms with Gasteiger partial charge in [0.05, 0.1) is 0 Å². The number of hydrogen-bond donors (Lipinski definition) is 1. The van der Waals surface area contributed by atoms with E-state index in [2.05, 4.69) is 18.9 Å². The summed E-state index contributed by atoms with van der Waals surface area (Å²) in [5.74, 6) is 0. The van der Waals surface area contributed by atoms with Gasteiger partial charge in [0, 0.05) is 12.1 Å². The van der Waals surface area contributed by atoms with E-state index >= 15 is 0 Å². The summed E-state index contributed by atoms with van der Waals surface area (Å²) < 4.78 is 0. The molecule has 2 nitrogen and oxygen atoms in total. The van der Waals surface area contributed by atoms with E-state index in [4.69, 9.17) is 5.73 Å². The Morgan fingerprint density at radius 1 is 1.56 bits per heavy atom. The number of rotatable bonds is 0. The predicted molar refractivity (Wildman–Crippen MR) is 39.3 cm³/mol. The van der Waals surface area contributed by atoms with Crippen molar-refractivity contribution in [2.75, 3.05) is 13.6 Å². The van der Waals surface area contributed by atoms with Crippen LogP contribution in [0.5, 0.6) is 0 Å². The molecule has 0 aromatic carbocycles. The topological polar surface area (TPSA) is 29.3 Å². The van der Waals surface area contributed by atoms with Gasteiger partial charge in [-0.2, -0.15) is 0 Å². The molecule has 1 rings (SSSR count). The molecule has 54 valence electrons. The van der Waals surface area contributed by atoms with Crippen LogP contribution in [0.4, 0.5) is 0 Å². The molecule has 0 bridgehead atoms. The zero-order chi connectivity index (χ0) is 6.85. The molecular formula is C7H16N2. The lowest BCUT2D eigenvalue weighted by Gasteiger charge is -2.34. The number of nitrogens with zero attached hydrogens (tertiary/aromatic N) is 1. The Morgan fingerprint density at radius 2 is 2.22 bits per heavy atom. The molecule has 1 saturated heterocycles. The predicted octanol–water partition coefficient (Wildman–Crippen LogP) is 0.428. The lowest BCUT2D eigenvalue weighted by Crippen LogP contribution is -2.48. The smallest absolute Gasteiger partial charge is 0.0215 e. The maximum Gasteiger partial charge on any atom is 0.0215 e. The van der Waals surface area contributed by atoms with Gasteiger partial charge in [-0.3, -0.25) is 0 Å². The lowest BCUT2D eigenvalue weighted by atomic mass is 9.99. The van der Waals surface area contributed by atoms with Crippen LogP contribution in [0.1, 0.15) is 19.8 Å². The minimum Gasteiger partial charge on any atom is -0.326 e. The van der Waals surface area contributed by atoms with E-state index in [1.54, 1.807) is 0 Å². The third kappa shape index (κ3) is 1.43. The summed E-state index contributed by atoms with van der Waals surface area (Å²) in [4.78, 5) is 2.33. The van der Waals surface area contributed by atoms with Crippen LogP contribution in [0.25, 0.3) is 0 Å². The van der Waals surface area contributed by atoms with Crippen molar-refractivity contribution in [3.05, 3.63) is 0 Å². The Morgan fingerprint density at radius 3 is 2.67 bits per heavy atom. The molecule has 0 aromatic rings. The molecule has 0 aliphatic carbocycles. The highest BCUT2D eigenvalue weighted by Crippen LogP contribution is 2.12. The SMILES string of the molecule is C[C@@H]1[C@@H](N)CCCN1C. The molecule has 9 heavy (non-hydrogen) atoms. The molecular weight excluding hydrogens is 112 g/mol. The zero-order valence-electron chi connectivity index (χ0n) is 6.30. The fourth-order valence-corrected chi connectivity index (χ4v) is 1.35. The van der Waals surface area contributed by atoms with E-state index in [1.165, 1.54) is 19.4 Å². The second kappa shape index (κ2) is 2.67. The van der Waals surface area contributed by atoms with Crippen molar-refractivity contribution in [3.63, 3.8) is 0 Å². The summed E-state index contributed by atoms with van der Waals surface area (Å²) in [6, 6.07) is 0.988. The van der Waals surface area contributed by atoms with Crippen LogP contribution in [-0.4, -0.2) is 30.6 Å². The number of nitrogens with two attached hydrogens (primary N) is 1. The largest absolute Gasteiger partial charge is 0.326 e. The van der Waals surface area contributed by atoms with Crippen LogP contribution in [0.15, 0.2) is 0 Å². The third-order valence-corrected chi connectivity index (χ3v) is 2.36. The summed E-state index contributed by atoms with van der Waals surface area (Å²) in [5.41, 5.74) is 5.83. The van der Waals surface area contributed by atoms with Crippen molar-refractivity contribution in [2.45, 2.75) is 31.8 Å². The molecule has 1 aliphatic heterocycles. The van der Waals surface area contributed by atoms with Gasteiger partial charge in [0.25, 0.3) is 0 Å². The highest BCUT2D eigenvalue weighted by Gasteiger charge is 2.21. The molecule has 1 aliphatic rings. The van der Waals surface area contributed by atoms with E-state index < -0.39 is 0 Å². The highest BCUT2D eigenvalue weighted by atomic mass is 15.1. The van der Waals surface area contributed by atoms with Crippen LogP contribution >= 0.6 is 0 Å². The van der Waals surface area contributed by atoms with Crippen molar-refractivity contribution in [1.29, 1.82) is 0 Å². The standard InChI is InChI=1S/C7H16N2/c1-6-7(8)4-3-5-9(6)2/h6-7H,3-5,8H2,1-2H3/t6-,7+/m1/s1. The summed E-state index contributed by atoms with van der Waals surface area (Å²) in [5, 5.41) is 0. The Labute approximate surface area is 57.0 Å². The third-order valence-electron chi connectivity index (χ3n) is 2.36. The maximum absolute atomic E-state index is 5.83. The van der Waals surface area contributed by atoms with Crippen LogP contribution < -0.4 is 5.73 Å². The quantitative estimate of drug-likeness (QED) is 0.512. The summed E-state index contributed by atoms with van der Waals surface area (Å²) in [6.45, 7) is 3.42. The first-order chi connectivity index (χ1) is 4.22. The Balaban J connectivity index is 2.41. The van der Waals surface area contributed by atoms with Gasteiger partial charge in [-0.25, -0.2) is 0 Å². The second-order valence-electron chi connectivity index (χ2n) is 3.03. The van der Waals surface area contributed by atoms with Gasteiger partial charge in [-0.05, 0) is 33.4 Å². The minimum absolute atomic E-state index is 0.406. The van der Waals surface area contributed by atoms with Crippen molar-refractivity contribution in [2.24, 2.45) is 5.73 Å². The first-order valence-electron chi connectivity index (χ1n) is 3.67. The van der Waals surface area contributed by atoms with Crippen LogP contribution in [0, 0.1) is 0 Å². The van der Waals surface area contributed by atoms with Gasteiger partial charge in [-0.15, -0.1) is 0 Å². The van der Waals surface area contributed by atoms with E-state index in [0.717, 1.165) is 0 Å². The Kier molecular flexibility index (Phi) is 2.09. The molecule has 0 amide bonds. The maximum atomic E-state index is 5.83. The molecule has 0 radical (unpaired) electrons. The highest BCUT2D eigenvalue weighted by molar-refractivity contribution is 4.81. The van der Waals surface area contributed by atoms with Gasteiger partial charge in [0.2, 0.25) is 0 Å². The molecule has 2 heteroatoms. The molecule has 2 N–H and O–H groups in total. The molecule has 1 fully saturated rings. The molecule has 0 unspecified atom stereocenters. The number of likely N-dealkylation sites (tertiary alicyclic amines) is 1. The van der Waals surface area contributed by atoms with Gasteiger partial charge < -0.3 is 10.6 Å². The van der Waals surface area contributed by atoms with Crippen LogP contribution in [0.2, 0.25) is 0 Å². The van der Waals surface area contributed by atoms with Crippen molar-refractivity contribution in [1.82, 2.24) is 4.90 Å². The summed E-state index contributed by atoms with van der Waals surface area (Å²) in [6.07, 6.45) is 2.47. The average molecular weight is 128 g/mol.